The van der Waals surface area contributed by atoms with Gasteiger partial charge in [-0.2, -0.15) is 0 Å². The molecule has 0 fully saturated rings. The van der Waals surface area contributed by atoms with Gasteiger partial charge in [0.15, 0.2) is 11.5 Å². The molecule has 0 atom stereocenters. The van der Waals surface area contributed by atoms with Gasteiger partial charge in [0.05, 0.1) is 12.3 Å². The minimum Gasteiger partial charge on any atom is -0.506 e. The molecule has 0 aliphatic rings. The topological polar surface area (TPSA) is 94.2 Å². The van der Waals surface area contributed by atoms with E-state index < -0.39 is 0 Å². The number of aromatic hydroxyl groups is 1. The first-order chi connectivity index (χ1) is 19.4. The number of nitrogens with two attached hydrogens (primary N) is 1. The molecule has 40 heavy (non-hydrogen) atoms. The van der Waals surface area contributed by atoms with E-state index in [1.807, 2.05) is 0 Å². The minimum atomic E-state index is -0.191. The second-order valence-electron chi connectivity index (χ2n) is 10.6. The molecule has 0 aliphatic heterocycles. The van der Waals surface area contributed by atoms with E-state index in [1.54, 1.807) is 37.4 Å². The highest BCUT2D eigenvalue weighted by molar-refractivity contribution is 5.93. The number of carbonyl (C=O) groups is 1. The molecule has 7 heteroatoms. The summed E-state index contributed by atoms with van der Waals surface area (Å²) in [7, 11) is 1.61. The zero-order valence-corrected chi connectivity index (χ0v) is 25.1. The maximum absolute atomic E-state index is 11.9. The first-order valence-electron chi connectivity index (χ1n) is 15.3. The van der Waals surface area contributed by atoms with Crippen LogP contribution in [0.25, 0.3) is 0 Å². The Morgan fingerprint density at radius 2 is 1.20 bits per heavy atom. The third-order valence-corrected chi connectivity index (χ3v) is 7.12. The Labute approximate surface area is 242 Å². The number of carbonyl (C=O) groups excluding carboxylic acids is 1. The van der Waals surface area contributed by atoms with Gasteiger partial charge in [-0.3, -0.25) is 4.79 Å². The Balaban J connectivity index is 1.71. The Kier molecular flexibility index (Phi) is 16.5. The smallest absolute Gasteiger partial charge is 0.223 e. The van der Waals surface area contributed by atoms with Crippen LogP contribution in [0.3, 0.4) is 0 Å². The predicted molar refractivity (Wildman–Crippen MR) is 165 cm³/mol. The molecule has 0 unspecified atom stereocenters. The Hall–Kier alpha value is -3.09. The van der Waals surface area contributed by atoms with E-state index >= 15 is 0 Å². The van der Waals surface area contributed by atoms with Crippen LogP contribution < -0.4 is 24.8 Å². The summed E-state index contributed by atoms with van der Waals surface area (Å²) in [6.45, 7) is 4.84. The number of ether oxygens (including phenoxy) is 3. The number of rotatable bonds is 22. The van der Waals surface area contributed by atoms with Crippen LogP contribution in [-0.2, 0) is 4.79 Å². The van der Waals surface area contributed by atoms with Crippen LogP contribution in [0.2, 0.25) is 0 Å². The summed E-state index contributed by atoms with van der Waals surface area (Å²) < 4.78 is 17.7. The van der Waals surface area contributed by atoms with E-state index in [2.05, 4.69) is 6.92 Å². The lowest BCUT2D eigenvalue weighted by Crippen LogP contribution is -2.23. The lowest BCUT2D eigenvalue weighted by Gasteiger charge is -2.20. The standard InChI is InChI=1S/C33H52N2O5/c1-4-5-6-7-8-9-10-11-12-13-14-15-16-17-22-39-33-26-31(37)30(35(3)27(2)36)25-32(33)40-24-23-38-29-20-18-28(34)19-21-29/h18-21,25-26,37H,4-17,22-24,34H2,1-3H3. The molecule has 2 aromatic carbocycles. The van der Waals surface area contributed by atoms with Gasteiger partial charge in [-0.15, -0.1) is 0 Å². The fraction of sp³-hybridized carbons (Fsp3) is 0.606. The first kappa shape index (κ1) is 33.1. The van der Waals surface area contributed by atoms with Crippen LogP contribution in [0.15, 0.2) is 36.4 Å². The maximum atomic E-state index is 11.9. The van der Waals surface area contributed by atoms with Crippen LogP contribution >= 0.6 is 0 Å². The molecular formula is C33H52N2O5. The molecule has 1 amide bonds. The van der Waals surface area contributed by atoms with Gasteiger partial charge in [-0.05, 0) is 30.7 Å². The Morgan fingerprint density at radius 1 is 0.725 bits per heavy atom. The molecule has 0 bridgehead atoms. The first-order valence-corrected chi connectivity index (χ1v) is 15.3. The SMILES string of the molecule is CCCCCCCCCCCCCCCCOc1cc(O)c(N(C)C(C)=O)cc1OCCOc1ccc(N)cc1. The van der Waals surface area contributed by atoms with Crippen LogP contribution in [0, 0.1) is 0 Å². The maximum Gasteiger partial charge on any atom is 0.223 e. The number of unbranched alkanes of at least 4 members (excludes halogenated alkanes) is 13. The summed E-state index contributed by atoms with van der Waals surface area (Å²) in [5.41, 5.74) is 6.76. The average molecular weight is 557 g/mol. The highest BCUT2D eigenvalue weighted by Gasteiger charge is 2.17. The van der Waals surface area contributed by atoms with Crippen molar-refractivity contribution < 1.29 is 24.1 Å². The molecule has 0 radical (unpaired) electrons. The number of hydrogen-bond acceptors (Lipinski definition) is 6. The van der Waals surface area contributed by atoms with Gasteiger partial charge in [0, 0.05) is 31.8 Å². The van der Waals surface area contributed by atoms with E-state index in [0.29, 0.717) is 41.8 Å². The summed E-state index contributed by atoms with van der Waals surface area (Å²) in [5, 5.41) is 10.5. The number of nitrogens with zero attached hydrogens (tertiary/aromatic N) is 1. The second kappa shape index (κ2) is 19.9. The zero-order chi connectivity index (χ0) is 29.0. The average Bonchev–Trinajstić information content (AvgIpc) is 2.94. The molecule has 3 N–H and O–H groups in total. The van der Waals surface area contributed by atoms with Gasteiger partial charge in [0.2, 0.25) is 5.91 Å². The molecule has 2 aromatic rings. The lowest BCUT2D eigenvalue weighted by molar-refractivity contribution is -0.116. The molecule has 0 aromatic heterocycles. The highest BCUT2D eigenvalue weighted by atomic mass is 16.5. The monoisotopic (exact) mass is 556 g/mol. The van der Waals surface area contributed by atoms with E-state index in [-0.39, 0.29) is 18.3 Å². The molecule has 0 aliphatic carbocycles. The van der Waals surface area contributed by atoms with Gasteiger partial charge >= 0.3 is 0 Å². The van der Waals surface area contributed by atoms with E-state index in [1.165, 1.54) is 94.9 Å². The number of benzene rings is 2. The van der Waals surface area contributed by atoms with Crippen molar-refractivity contribution in [2.45, 2.75) is 104 Å². The quantitative estimate of drug-likeness (QED) is 0.112. The van der Waals surface area contributed by atoms with Crippen molar-refractivity contribution in [3.8, 4) is 23.0 Å². The lowest BCUT2D eigenvalue weighted by atomic mass is 10.0. The van der Waals surface area contributed by atoms with Crippen molar-refractivity contribution in [2.75, 3.05) is 37.5 Å². The van der Waals surface area contributed by atoms with Crippen LogP contribution in [0.5, 0.6) is 23.0 Å². The summed E-state index contributed by atoms with van der Waals surface area (Å²) in [6, 6.07) is 10.3. The summed E-state index contributed by atoms with van der Waals surface area (Å²) in [6.07, 6.45) is 18.2. The molecule has 0 saturated heterocycles. The molecular weight excluding hydrogens is 504 g/mol. The molecule has 0 spiro atoms. The predicted octanol–water partition coefficient (Wildman–Crippen LogP) is 8.28. The second-order valence-corrected chi connectivity index (χ2v) is 10.6. The fourth-order valence-corrected chi connectivity index (χ4v) is 4.56. The van der Waals surface area contributed by atoms with Crippen molar-refractivity contribution in [1.29, 1.82) is 0 Å². The number of nitrogen functional groups attached to an aromatic ring is 1. The summed E-state index contributed by atoms with van der Waals surface area (Å²) in [4.78, 5) is 13.3. The van der Waals surface area contributed by atoms with Crippen molar-refractivity contribution >= 4 is 17.3 Å². The number of phenolic OH excluding ortho intramolecular Hbond substituents is 1. The van der Waals surface area contributed by atoms with Crippen LogP contribution in [0.1, 0.15) is 104 Å². The minimum absolute atomic E-state index is 0.0286. The van der Waals surface area contributed by atoms with Gasteiger partial charge in [-0.1, -0.05) is 90.4 Å². The molecule has 0 heterocycles. The Bertz CT molecular complexity index is 964. The van der Waals surface area contributed by atoms with Gasteiger partial charge < -0.3 is 30.0 Å². The largest absolute Gasteiger partial charge is 0.506 e. The number of anilines is 2. The van der Waals surface area contributed by atoms with Crippen LogP contribution in [0.4, 0.5) is 11.4 Å². The summed E-state index contributed by atoms with van der Waals surface area (Å²) in [5.74, 6) is 1.41. The zero-order valence-electron chi connectivity index (χ0n) is 25.1. The number of hydrogen-bond donors (Lipinski definition) is 2. The number of phenols is 1. The molecule has 224 valence electrons. The van der Waals surface area contributed by atoms with Crippen LogP contribution in [-0.4, -0.2) is 37.9 Å². The van der Waals surface area contributed by atoms with Crippen molar-refractivity contribution in [3.05, 3.63) is 36.4 Å². The fourth-order valence-electron chi connectivity index (χ4n) is 4.56. The molecule has 0 saturated carbocycles. The Morgan fingerprint density at radius 3 is 1.75 bits per heavy atom. The number of amides is 1. The normalized spacial score (nSPS) is 10.9. The highest BCUT2D eigenvalue weighted by Crippen LogP contribution is 2.39. The third-order valence-electron chi connectivity index (χ3n) is 7.12. The van der Waals surface area contributed by atoms with Crippen molar-refractivity contribution in [3.63, 3.8) is 0 Å². The van der Waals surface area contributed by atoms with Gasteiger partial charge in [0.25, 0.3) is 0 Å². The van der Waals surface area contributed by atoms with E-state index in [0.717, 1.165) is 12.8 Å². The van der Waals surface area contributed by atoms with E-state index in [9.17, 15) is 9.90 Å². The molecule has 7 nitrogen and oxygen atoms in total. The van der Waals surface area contributed by atoms with Crippen molar-refractivity contribution in [1.82, 2.24) is 0 Å². The third kappa shape index (κ3) is 13.3. The summed E-state index contributed by atoms with van der Waals surface area (Å²) >= 11 is 0. The molecule has 2 rings (SSSR count). The van der Waals surface area contributed by atoms with Crippen molar-refractivity contribution in [2.24, 2.45) is 0 Å². The van der Waals surface area contributed by atoms with Gasteiger partial charge in [-0.25, -0.2) is 0 Å². The van der Waals surface area contributed by atoms with E-state index in [4.69, 9.17) is 19.9 Å². The van der Waals surface area contributed by atoms with Gasteiger partial charge in [0.1, 0.15) is 24.7 Å².